The zero-order valence-electron chi connectivity index (χ0n) is 16.0. The Hall–Kier alpha value is -0.930. The number of aliphatic imine (C=N–C) groups is 1. The van der Waals surface area contributed by atoms with Crippen LogP contribution < -0.4 is 20.3 Å². The maximum absolute atomic E-state index is 6.17. The fourth-order valence-electron chi connectivity index (χ4n) is 3.62. The molecule has 3 rings (SSSR count). The summed E-state index contributed by atoms with van der Waals surface area (Å²) in [5.41, 5.74) is 1.05. The van der Waals surface area contributed by atoms with Gasteiger partial charge in [-0.25, -0.2) is 0 Å². The van der Waals surface area contributed by atoms with Crippen molar-refractivity contribution in [1.82, 2.24) is 10.6 Å². The van der Waals surface area contributed by atoms with E-state index in [2.05, 4.69) is 20.5 Å². The molecule has 0 amide bonds. The number of hydrogen-bond donors (Lipinski definition) is 2. The van der Waals surface area contributed by atoms with E-state index in [1.165, 1.54) is 12.8 Å². The quantitative estimate of drug-likeness (QED) is 0.351. The number of ether oxygens (including phenoxy) is 2. The summed E-state index contributed by atoms with van der Waals surface area (Å²) in [6.45, 7) is 3.63. The monoisotopic (exact) mass is 508 g/mol. The highest BCUT2D eigenvalue weighted by Gasteiger charge is 2.25. The van der Waals surface area contributed by atoms with Crippen molar-refractivity contribution in [3.63, 3.8) is 0 Å². The maximum Gasteiger partial charge on any atom is 0.191 e. The Kier molecular flexibility index (Phi) is 9.25. The number of nitrogens with one attached hydrogen (secondary N) is 2. The first-order valence-electron chi connectivity index (χ1n) is 9.37. The zero-order chi connectivity index (χ0) is 18.4. The molecule has 0 radical (unpaired) electrons. The van der Waals surface area contributed by atoms with Crippen LogP contribution in [0.3, 0.4) is 0 Å². The van der Waals surface area contributed by atoms with Gasteiger partial charge in [0.2, 0.25) is 0 Å². The Bertz CT molecular complexity index is 626. The van der Waals surface area contributed by atoms with Crippen molar-refractivity contribution in [2.75, 3.05) is 45.3 Å². The van der Waals surface area contributed by atoms with E-state index >= 15 is 0 Å². The predicted molar refractivity (Wildman–Crippen MR) is 122 cm³/mol. The summed E-state index contributed by atoms with van der Waals surface area (Å²) in [7, 11) is 3.51. The molecular formula is C19H30ClIN4O2. The minimum absolute atomic E-state index is 0. The number of rotatable bonds is 6. The first-order valence-corrected chi connectivity index (χ1v) is 9.74. The third-order valence-electron chi connectivity index (χ3n) is 5.02. The Morgan fingerprint density at radius 1 is 1.41 bits per heavy atom. The molecule has 2 heterocycles. The van der Waals surface area contributed by atoms with Crippen LogP contribution in [-0.2, 0) is 4.74 Å². The molecule has 152 valence electrons. The fraction of sp³-hybridized carbons (Fsp3) is 0.632. The summed E-state index contributed by atoms with van der Waals surface area (Å²) < 4.78 is 11.2. The van der Waals surface area contributed by atoms with Crippen LogP contribution in [0, 0.1) is 0 Å². The van der Waals surface area contributed by atoms with Crippen LogP contribution in [0.2, 0.25) is 5.02 Å². The number of methoxy groups -OCH3 is 1. The van der Waals surface area contributed by atoms with Crippen LogP contribution in [0.25, 0.3) is 0 Å². The molecule has 2 fully saturated rings. The molecule has 6 nitrogen and oxygen atoms in total. The van der Waals surface area contributed by atoms with E-state index in [0.717, 1.165) is 61.5 Å². The summed E-state index contributed by atoms with van der Waals surface area (Å²) in [5.74, 6) is 1.71. The van der Waals surface area contributed by atoms with E-state index in [9.17, 15) is 0 Å². The highest BCUT2D eigenvalue weighted by molar-refractivity contribution is 14.0. The second-order valence-electron chi connectivity index (χ2n) is 6.81. The number of nitrogens with zero attached hydrogens (tertiary/aromatic N) is 2. The summed E-state index contributed by atoms with van der Waals surface area (Å²) in [4.78, 5) is 6.66. The second kappa shape index (κ2) is 11.2. The van der Waals surface area contributed by atoms with Gasteiger partial charge in [0.05, 0.1) is 18.9 Å². The molecule has 27 heavy (non-hydrogen) atoms. The Balaban J connectivity index is 0.00000261. The lowest BCUT2D eigenvalue weighted by atomic mass is 10.2. The number of hydrogen-bond acceptors (Lipinski definition) is 4. The number of halogens is 2. The molecule has 0 bridgehead atoms. The van der Waals surface area contributed by atoms with Gasteiger partial charge in [0.1, 0.15) is 5.75 Å². The molecule has 0 spiro atoms. The maximum atomic E-state index is 6.17. The zero-order valence-corrected chi connectivity index (χ0v) is 19.1. The smallest absolute Gasteiger partial charge is 0.191 e. The topological polar surface area (TPSA) is 58.1 Å². The Labute approximate surface area is 184 Å². The molecule has 2 aliphatic heterocycles. The summed E-state index contributed by atoms with van der Waals surface area (Å²) in [6.07, 6.45) is 4.83. The highest BCUT2D eigenvalue weighted by Crippen LogP contribution is 2.33. The molecule has 1 aromatic carbocycles. The Morgan fingerprint density at radius 3 is 2.96 bits per heavy atom. The van der Waals surface area contributed by atoms with E-state index < -0.39 is 0 Å². The van der Waals surface area contributed by atoms with Gasteiger partial charge in [-0.3, -0.25) is 4.99 Å². The molecule has 2 aliphatic rings. The molecule has 1 aromatic rings. The van der Waals surface area contributed by atoms with Crippen molar-refractivity contribution in [1.29, 1.82) is 0 Å². The largest absolute Gasteiger partial charge is 0.495 e. The van der Waals surface area contributed by atoms with Crippen LogP contribution in [0.4, 0.5) is 5.69 Å². The molecule has 0 saturated carbocycles. The standard InChI is InChI=1S/C19H29ClN4O2.HI/c1-21-19(22-9-7-16-4-3-11-26-16)23-15-8-10-24(13-15)17-12-14(20)5-6-18(17)25-2;/h5-6,12,15-16H,3-4,7-11,13H2,1-2H3,(H2,21,22,23);1H. The van der Waals surface area contributed by atoms with Crippen molar-refractivity contribution < 1.29 is 9.47 Å². The van der Waals surface area contributed by atoms with Gasteiger partial charge >= 0.3 is 0 Å². The average molecular weight is 509 g/mol. The van der Waals surface area contributed by atoms with Crippen molar-refractivity contribution in [3.05, 3.63) is 23.2 Å². The lowest BCUT2D eigenvalue weighted by molar-refractivity contribution is 0.105. The summed E-state index contributed by atoms with van der Waals surface area (Å²) >= 11 is 6.17. The normalized spacial score (nSPS) is 22.5. The summed E-state index contributed by atoms with van der Waals surface area (Å²) in [6, 6.07) is 6.09. The number of benzene rings is 1. The molecule has 0 aliphatic carbocycles. The van der Waals surface area contributed by atoms with Crippen LogP contribution in [0.1, 0.15) is 25.7 Å². The van der Waals surface area contributed by atoms with Gasteiger partial charge < -0.3 is 25.0 Å². The van der Waals surface area contributed by atoms with Gasteiger partial charge in [-0.05, 0) is 43.9 Å². The predicted octanol–water partition coefficient (Wildman–Crippen LogP) is 3.28. The lowest BCUT2D eigenvalue weighted by Gasteiger charge is -2.22. The van der Waals surface area contributed by atoms with Gasteiger partial charge in [-0.2, -0.15) is 0 Å². The Morgan fingerprint density at radius 2 is 2.26 bits per heavy atom. The van der Waals surface area contributed by atoms with Gasteiger partial charge in [-0.15, -0.1) is 24.0 Å². The highest BCUT2D eigenvalue weighted by atomic mass is 127. The minimum Gasteiger partial charge on any atom is -0.495 e. The molecule has 8 heteroatoms. The van der Waals surface area contributed by atoms with Gasteiger partial charge in [0.25, 0.3) is 0 Å². The van der Waals surface area contributed by atoms with E-state index in [4.69, 9.17) is 21.1 Å². The van der Waals surface area contributed by atoms with Crippen LogP contribution >= 0.6 is 35.6 Å². The molecule has 0 aromatic heterocycles. The van der Waals surface area contributed by atoms with Gasteiger partial charge in [-0.1, -0.05) is 11.6 Å². The van der Waals surface area contributed by atoms with E-state index in [1.807, 2.05) is 25.2 Å². The van der Waals surface area contributed by atoms with Gasteiger partial charge in [0, 0.05) is 44.4 Å². The molecule has 2 saturated heterocycles. The number of guanidine groups is 1. The van der Waals surface area contributed by atoms with Crippen LogP contribution in [-0.4, -0.2) is 58.5 Å². The lowest BCUT2D eigenvalue weighted by Crippen LogP contribution is -2.45. The summed E-state index contributed by atoms with van der Waals surface area (Å²) in [5, 5.41) is 7.66. The van der Waals surface area contributed by atoms with Crippen molar-refractivity contribution in [2.24, 2.45) is 4.99 Å². The van der Waals surface area contributed by atoms with Crippen molar-refractivity contribution in [2.45, 2.75) is 37.8 Å². The third-order valence-corrected chi connectivity index (χ3v) is 5.25. The minimum atomic E-state index is 0. The first-order chi connectivity index (χ1) is 12.7. The molecule has 2 unspecified atom stereocenters. The molecule has 2 atom stereocenters. The molecular weight excluding hydrogens is 479 g/mol. The fourth-order valence-corrected chi connectivity index (χ4v) is 3.79. The number of anilines is 1. The van der Waals surface area contributed by atoms with Crippen molar-refractivity contribution >= 4 is 47.2 Å². The third kappa shape index (κ3) is 6.29. The van der Waals surface area contributed by atoms with Crippen LogP contribution in [0.5, 0.6) is 5.75 Å². The van der Waals surface area contributed by atoms with E-state index in [0.29, 0.717) is 12.1 Å². The average Bonchev–Trinajstić information content (AvgIpc) is 3.32. The SMILES string of the molecule is CN=C(NCCC1CCCO1)NC1CCN(c2cc(Cl)ccc2OC)C1.I. The van der Waals surface area contributed by atoms with Crippen molar-refractivity contribution in [3.8, 4) is 5.75 Å². The first kappa shape index (κ1) is 22.4. The van der Waals surface area contributed by atoms with E-state index in [-0.39, 0.29) is 24.0 Å². The van der Waals surface area contributed by atoms with Crippen LogP contribution in [0.15, 0.2) is 23.2 Å². The van der Waals surface area contributed by atoms with E-state index in [1.54, 1.807) is 7.11 Å². The van der Waals surface area contributed by atoms with Gasteiger partial charge in [0.15, 0.2) is 5.96 Å². The second-order valence-corrected chi connectivity index (χ2v) is 7.25. The molecule has 2 N–H and O–H groups in total.